The van der Waals surface area contributed by atoms with Gasteiger partial charge in [0.2, 0.25) is 0 Å². The molecule has 350 valence electrons. The quantitative estimate of drug-likeness (QED) is 0.160. The van der Waals surface area contributed by atoms with E-state index < -0.39 is 0 Å². The molecule has 10 rings (SSSR count). The van der Waals surface area contributed by atoms with Gasteiger partial charge in [-0.1, -0.05) is 174 Å². The summed E-state index contributed by atoms with van der Waals surface area (Å²) in [5, 5.41) is 2.33. The zero-order valence-corrected chi connectivity index (χ0v) is 42.7. The first-order valence-corrected chi connectivity index (χ1v) is 24.8. The van der Waals surface area contributed by atoms with Gasteiger partial charge in [-0.2, -0.15) is 0 Å². The molecule has 5 nitrogen and oxygen atoms in total. The molecule has 1 saturated heterocycles. The summed E-state index contributed by atoms with van der Waals surface area (Å²) < 4.78 is 9.22. The van der Waals surface area contributed by atoms with Crippen LogP contribution in [0.15, 0.2) is 170 Å². The van der Waals surface area contributed by atoms with Crippen molar-refractivity contribution in [2.75, 3.05) is 16.5 Å². The first kappa shape index (κ1) is 45.9. The Balaban J connectivity index is 1.05. The highest BCUT2D eigenvalue weighted by molar-refractivity contribution is 6.10. The van der Waals surface area contributed by atoms with E-state index in [1.165, 1.54) is 55.6 Å². The Morgan fingerprint density at radius 1 is 0.478 bits per heavy atom. The zero-order chi connectivity index (χ0) is 48.6. The summed E-state index contributed by atoms with van der Waals surface area (Å²) in [6, 6.07) is 53.7. The Bertz CT molecular complexity index is 3240. The van der Waals surface area contributed by atoms with Crippen LogP contribution in [0.5, 0.6) is 11.5 Å². The van der Waals surface area contributed by atoms with Gasteiger partial charge in [-0.15, -0.1) is 0 Å². The largest absolute Gasteiger partial charge is 0.457 e. The molecule has 8 aromatic rings. The summed E-state index contributed by atoms with van der Waals surface area (Å²) in [6.07, 6.45) is 8.94. The Morgan fingerprint density at radius 2 is 1.14 bits per heavy atom. The molecule has 2 aliphatic rings. The molecule has 2 atom stereocenters. The highest BCUT2D eigenvalue weighted by atomic mass is 16.5. The van der Waals surface area contributed by atoms with Crippen molar-refractivity contribution in [1.29, 1.82) is 0 Å². The van der Waals surface area contributed by atoms with Gasteiger partial charge < -0.3 is 14.5 Å². The molecule has 1 aliphatic carbocycles. The molecule has 6 aromatic carbocycles. The Kier molecular flexibility index (Phi) is 11.3. The van der Waals surface area contributed by atoms with Crippen LogP contribution in [0.1, 0.15) is 111 Å². The summed E-state index contributed by atoms with van der Waals surface area (Å²) >= 11 is 0. The Labute approximate surface area is 410 Å². The second-order valence-electron chi connectivity index (χ2n) is 23.5. The molecule has 1 fully saturated rings. The van der Waals surface area contributed by atoms with Crippen LogP contribution in [0.4, 0.5) is 11.4 Å². The number of hydrogen-bond donors (Lipinski definition) is 0. The van der Waals surface area contributed by atoms with E-state index in [0.717, 1.165) is 46.1 Å². The van der Waals surface area contributed by atoms with Crippen molar-refractivity contribution < 1.29 is 4.74 Å². The predicted molar refractivity (Wildman–Crippen MR) is 293 cm³/mol. The maximum absolute atomic E-state index is 6.92. The smallest absolute Gasteiger partial charge is 0.137 e. The lowest BCUT2D eigenvalue weighted by Gasteiger charge is -2.34. The van der Waals surface area contributed by atoms with Crippen molar-refractivity contribution >= 4 is 38.8 Å². The lowest BCUT2D eigenvalue weighted by Crippen LogP contribution is -2.38. The SMILES string of the molecule is CC(C)(C)c1ccc(C2=CC=CC3C2N(c2cc(C(C)(C)C)cc(C(C)(C)C)c2)CN3c2cccc(Oc3ccc4c5cc(-c6ccccc6)ccc5n(-c5cc(C(C)(C)C)ccn5)c4c3)c2)cc1. The lowest BCUT2D eigenvalue weighted by atomic mass is 9.80. The van der Waals surface area contributed by atoms with Crippen LogP contribution in [0.25, 0.3) is 44.3 Å². The molecule has 0 amide bonds. The molecule has 0 spiro atoms. The minimum atomic E-state index is -0.0303. The monoisotopic (exact) mass is 909 g/mol. The van der Waals surface area contributed by atoms with Gasteiger partial charge in [-0.05, 0) is 127 Å². The molecule has 0 N–H and O–H groups in total. The number of ether oxygens (including phenoxy) is 1. The van der Waals surface area contributed by atoms with Crippen LogP contribution < -0.4 is 14.5 Å². The van der Waals surface area contributed by atoms with Crippen molar-refractivity contribution in [3.05, 3.63) is 198 Å². The van der Waals surface area contributed by atoms with Crippen LogP contribution in [0.2, 0.25) is 0 Å². The maximum Gasteiger partial charge on any atom is 0.137 e. The summed E-state index contributed by atoms with van der Waals surface area (Å²) in [4.78, 5) is 10.2. The molecule has 0 saturated carbocycles. The van der Waals surface area contributed by atoms with Gasteiger partial charge >= 0.3 is 0 Å². The van der Waals surface area contributed by atoms with E-state index in [1.54, 1.807) is 0 Å². The predicted octanol–water partition coefficient (Wildman–Crippen LogP) is 16.5. The number of pyridine rings is 1. The van der Waals surface area contributed by atoms with Crippen molar-refractivity contribution in [2.24, 2.45) is 0 Å². The molecule has 0 radical (unpaired) electrons. The van der Waals surface area contributed by atoms with Crippen LogP contribution in [0, 0.1) is 0 Å². The van der Waals surface area contributed by atoms with Crippen molar-refractivity contribution in [3.8, 4) is 28.4 Å². The van der Waals surface area contributed by atoms with Gasteiger partial charge in [0.05, 0.1) is 29.8 Å². The van der Waals surface area contributed by atoms with Crippen molar-refractivity contribution in [3.63, 3.8) is 0 Å². The number of nitrogens with zero attached hydrogens (tertiary/aromatic N) is 4. The molecule has 1 aliphatic heterocycles. The number of anilines is 2. The van der Waals surface area contributed by atoms with E-state index in [4.69, 9.17) is 9.72 Å². The highest BCUT2D eigenvalue weighted by Gasteiger charge is 2.43. The van der Waals surface area contributed by atoms with Crippen LogP contribution in [-0.4, -0.2) is 28.3 Å². The molecule has 3 heterocycles. The molecule has 5 heteroatoms. The number of allylic oxidation sites excluding steroid dienone is 2. The van der Waals surface area contributed by atoms with Gasteiger partial charge in [0.25, 0.3) is 0 Å². The number of aromatic nitrogens is 2. The maximum atomic E-state index is 6.92. The molecule has 0 bridgehead atoms. The minimum Gasteiger partial charge on any atom is -0.457 e. The third kappa shape index (κ3) is 8.89. The van der Waals surface area contributed by atoms with E-state index in [0.29, 0.717) is 0 Å². The van der Waals surface area contributed by atoms with Crippen molar-refractivity contribution in [1.82, 2.24) is 9.55 Å². The van der Waals surface area contributed by atoms with E-state index in [1.807, 2.05) is 6.20 Å². The summed E-state index contributed by atoms with van der Waals surface area (Å²) in [5.74, 6) is 2.46. The van der Waals surface area contributed by atoms with E-state index in [-0.39, 0.29) is 33.7 Å². The van der Waals surface area contributed by atoms with E-state index in [9.17, 15) is 0 Å². The molecular weight excluding hydrogens is 841 g/mol. The fraction of sp³-hybridized carbons (Fsp3) is 0.297. The van der Waals surface area contributed by atoms with Crippen LogP contribution >= 0.6 is 0 Å². The van der Waals surface area contributed by atoms with Gasteiger partial charge in [0.1, 0.15) is 17.3 Å². The third-order valence-corrected chi connectivity index (χ3v) is 14.4. The fourth-order valence-electron chi connectivity index (χ4n) is 10.2. The second-order valence-corrected chi connectivity index (χ2v) is 23.5. The normalized spacial score (nSPS) is 16.6. The third-order valence-electron chi connectivity index (χ3n) is 14.4. The van der Waals surface area contributed by atoms with Crippen LogP contribution in [-0.2, 0) is 21.7 Å². The number of rotatable bonds is 7. The average Bonchev–Trinajstić information content (AvgIpc) is 3.87. The Hall–Kier alpha value is -6.85. The van der Waals surface area contributed by atoms with Gasteiger partial charge in [-0.3, -0.25) is 4.57 Å². The first-order chi connectivity index (χ1) is 32.7. The van der Waals surface area contributed by atoms with E-state index in [2.05, 4.69) is 261 Å². The van der Waals surface area contributed by atoms with Gasteiger partial charge in [0, 0.05) is 40.5 Å². The van der Waals surface area contributed by atoms with E-state index >= 15 is 0 Å². The summed E-state index contributed by atoms with van der Waals surface area (Å²) in [5.41, 5.74) is 14.8. The number of hydrogen-bond acceptors (Lipinski definition) is 4. The number of fused-ring (bicyclic) bond motifs is 4. The average molecular weight is 909 g/mol. The summed E-state index contributed by atoms with van der Waals surface area (Å²) in [7, 11) is 0. The van der Waals surface area contributed by atoms with Crippen molar-refractivity contribution in [2.45, 2.75) is 117 Å². The second kappa shape index (κ2) is 17.0. The number of benzene rings is 6. The molecule has 2 aromatic heterocycles. The standard InChI is InChI=1S/C64H68N4O/c1-61(2,3)45-27-24-43(25-28-45)53-22-17-23-57-60(53)67(50-36-47(63(7,8)9)35-48(37-50)64(10,11)12)41-66(57)49-20-16-21-51(39-49)69-52-29-30-54-55-34-44(42-18-14-13-15-19-42)26-31-56(55)68(58(54)40-52)59-38-46(32-33-65-59)62(4,5)6/h13-40,57,60H,41H2,1-12H3. The zero-order valence-electron chi connectivity index (χ0n) is 42.7. The van der Waals surface area contributed by atoms with Gasteiger partial charge in [0.15, 0.2) is 0 Å². The first-order valence-electron chi connectivity index (χ1n) is 24.8. The van der Waals surface area contributed by atoms with Crippen LogP contribution in [0.3, 0.4) is 0 Å². The highest BCUT2D eigenvalue weighted by Crippen LogP contribution is 2.45. The Morgan fingerprint density at radius 3 is 1.83 bits per heavy atom. The molecule has 69 heavy (non-hydrogen) atoms. The fourth-order valence-corrected chi connectivity index (χ4v) is 10.2. The van der Waals surface area contributed by atoms with Gasteiger partial charge in [-0.25, -0.2) is 4.98 Å². The molecule has 2 unspecified atom stereocenters. The topological polar surface area (TPSA) is 33.5 Å². The minimum absolute atomic E-state index is 0.0100. The lowest BCUT2D eigenvalue weighted by molar-refractivity contribution is 0.483. The molecular formula is C64H68N4O. The summed E-state index contributed by atoms with van der Waals surface area (Å²) in [6.45, 7) is 28.3.